The van der Waals surface area contributed by atoms with Crippen molar-refractivity contribution in [3.8, 4) is 0 Å². The molecule has 0 bridgehead atoms. The summed E-state index contributed by atoms with van der Waals surface area (Å²) in [5, 5.41) is 9.23. The molecule has 0 saturated carbocycles. The van der Waals surface area contributed by atoms with Gasteiger partial charge < -0.3 is 10.0 Å². The molecule has 1 aliphatic heterocycles. The highest BCUT2D eigenvalue weighted by molar-refractivity contribution is 5.70. The fourth-order valence-electron chi connectivity index (χ4n) is 3.41. The van der Waals surface area contributed by atoms with Gasteiger partial charge in [-0.25, -0.2) is 4.39 Å². The number of piperidine rings is 1. The summed E-state index contributed by atoms with van der Waals surface area (Å²) >= 11 is 0. The number of rotatable bonds is 8. The molecule has 5 heteroatoms. The minimum Gasteiger partial charge on any atom is -0.481 e. The Morgan fingerprint density at radius 3 is 2.92 bits per heavy atom. The number of benzene rings is 1. The van der Waals surface area contributed by atoms with Crippen LogP contribution < -0.4 is 4.90 Å². The summed E-state index contributed by atoms with van der Waals surface area (Å²) in [7, 11) is 2.04. The van der Waals surface area contributed by atoms with Gasteiger partial charge in [-0.05, 0) is 49.6 Å². The number of nitrogens with zero attached hydrogens (tertiary/aromatic N) is 2. The smallest absolute Gasteiger partial charge is 0.307 e. The van der Waals surface area contributed by atoms with E-state index in [-0.39, 0.29) is 11.7 Å². The molecule has 2 rings (SSSR count). The van der Waals surface area contributed by atoms with E-state index >= 15 is 0 Å². The van der Waals surface area contributed by atoms with E-state index in [9.17, 15) is 14.3 Å². The van der Waals surface area contributed by atoms with Crippen molar-refractivity contribution in [3.05, 3.63) is 29.6 Å². The molecule has 1 saturated heterocycles. The summed E-state index contributed by atoms with van der Waals surface area (Å²) in [6, 6.07) is 4.94. The highest BCUT2D eigenvalue weighted by atomic mass is 19.1. The first-order chi connectivity index (χ1) is 11.5. The molecule has 1 fully saturated rings. The summed E-state index contributed by atoms with van der Waals surface area (Å²) in [5.41, 5.74) is 1.99. The molecule has 0 spiro atoms. The molecule has 1 heterocycles. The van der Waals surface area contributed by atoms with Crippen LogP contribution in [0.2, 0.25) is 0 Å². The highest BCUT2D eigenvalue weighted by Crippen LogP contribution is 2.25. The van der Waals surface area contributed by atoms with Crippen LogP contribution in [0.5, 0.6) is 0 Å². The average molecular weight is 336 g/mol. The highest BCUT2D eigenvalue weighted by Gasteiger charge is 2.26. The van der Waals surface area contributed by atoms with Crippen molar-refractivity contribution in [2.75, 3.05) is 31.6 Å². The van der Waals surface area contributed by atoms with E-state index in [4.69, 9.17) is 0 Å². The lowest BCUT2D eigenvalue weighted by Crippen LogP contribution is -2.38. The zero-order chi connectivity index (χ0) is 17.5. The van der Waals surface area contributed by atoms with Gasteiger partial charge in [-0.15, -0.1) is 0 Å². The Hall–Kier alpha value is -1.62. The van der Waals surface area contributed by atoms with Crippen molar-refractivity contribution in [2.24, 2.45) is 5.92 Å². The molecule has 1 N–H and O–H groups in total. The lowest BCUT2D eigenvalue weighted by molar-refractivity contribution is -0.143. The second-order valence-corrected chi connectivity index (χ2v) is 6.81. The van der Waals surface area contributed by atoms with Gasteiger partial charge in [-0.3, -0.25) is 9.69 Å². The minimum absolute atomic E-state index is 0.234. The van der Waals surface area contributed by atoms with E-state index in [1.54, 1.807) is 6.07 Å². The zero-order valence-electron chi connectivity index (χ0n) is 14.8. The van der Waals surface area contributed by atoms with Crippen molar-refractivity contribution in [3.63, 3.8) is 0 Å². The van der Waals surface area contributed by atoms with Crippen LogP contribution in [-0.4, -0.2) is 42.7 Å². The number of likely N-dealkylation sites (tertiary alicyclic amines) is 1. The maximum absolute atomic E-state index is 13.7. The number of hydrogen-bond donors (Lipinski definition) is 1. The maximum atomic E-state index is 13.7. The van der Waals surface area contributed by atoms with Gasteiger partial charge in [0, 0.05) is 32.4 Å². The summed E-state index contributed by atoms with van der Waals surface area (Å²) < 4.78 is 13.7. The molecule has 0 aliphatic carbocycles. The van der Waals surface area contributed by atoms with Crippen molar-refractivity contribution in [1.29, 1.82) is 0 Å². The van der Waals surface area contributed by atoms with Gasteiger partial charge >= 0.3 is 5.97 Å². The van der Waals surface area contributed by atoms with Crippen LogP contribution >= 0.6 is 0 Å². The van der Waals surface area contributed by atoms with Crippen LogP contribution in [0.3, 0.4) is 0 Å². The minimum atomic E-state index is -0.726. The topological polar surface area (TPSA) is 43.8 Å². The van der Waals surface area contributed by atoms with Crippen molar-refractivity contribution in [1.82, 2.24) is 4.90 Å². The molecule has 0 radical (unpaired) electrons. The van der Waals surface area contributed by atoms with Gasteiger partial charge in [0.05, 0.1) is 5.92 Å². The Morgan fingerprint density at radius 1 is 1.42 bits per heavy atom. The van der Waals surface area contributed by atoms with Crippen LogP contribution in [0.1, 0.15) is 44.6 Å². The number of aliphatic carboxylic acids is 1. The Labute approximate surface area is 144 Å². The SMILES string of the molecule is CCCCCN(C)c1ccc(F)cc1CN1CCCC(C(=O)O)C1. The lowest BCUT2D eigenvalue weighted by atomic mass is 9.97. The quantitative estimate of drug-likeness (QED) is 0.734. The molecule has 1 aliphatic rings. The summed E-state index contributed by atoms with van der Waals surface area (Å²) in [6.07, 6.45) is 5.10. The molecular weight excluding hydrogens is 307 g/mol. The molecule has 1 aromatic carbocycles. The van der Waals surface area contributed by atoms with Gasteiger partial charge in [-0.1, -0.05) is 19.8 Å². The van der Waals surface area contributed by atoms with Crippen LogP contribution in [0.15, 0.2) is 18.2 Å². The van der Waals surface area contributed by atoms with Crippen LogP contribution in [0.25, 0.3) is 0 Å². The van der Waals surface area contributed by atoms with E-state index in [1.165, 1.54) is 18.9 Å². The predicted molar refractivity (Wildman–Crippen MR) is 94.8 cm³/mol. The molecule has 0 amide bonds. The number of halogens is 1. The number of unbranched alkanes of at least 4 members (excludes halogenated alkanes) is 2. The zero-order valence-corrected chi connectivity index (χ0v) is 14.8. The van der Waals surface area contributed by atoms with Gasteiger partial charge in [0.2, 0.25) is 0 Å². The number of carboxylic acid groups (broad SMARTS) is 1. The molecule has 1 unspecified atom stereocenters. The van der Waals surface area contributed by atoms with Gasteiger partial charge in [0.1, 0.15) is 5.82 Å². The number of carbonyl (C=O) groups is 1. The largest absolute Gasteiger partial charge is 0.481 e. The van der Waals surface area contributed by atoms with Gasteiger partial charge in [-0.2, -0.15) is 0 Å². The van der Waals surface area contributed by atoms with Crippen LogP contribution in [0, 0.1) is 11.7 Å². The summed E-state index contributed by atoms with van der Waals surface area (Å²) in [5.74, 6) is -1.27. The molecular formula is C19H29FN2O2. The van der Waals surface area contributed by atoms with Crippen LogP contribution in [-0.2, 0) is 11.3 Å². The molecule has 0 aromatic heterocycles. The molecule has 24 heavy (non-hydrogen) atoms. The Kier molecular flexibility index (Phi) is 7.03. The van der Waals surface area contributed by atoms with E-state index in [1.807, 2.05) is 13.1 Å². The first kappa shape index (κ1) is 18.7. The van der Waals surface area contributed by atoms with E-state index in [0.29, 0.717) is 13.1 Å². The second kappa shape index (κ2) is 9.02. The van der Waals surface area contributed by atoms with Crippen LogP contribution in [0.4, 0.5) is 10.1 Å². The first-order valence-corrected chi connectivity index (χ1v) is 8.96. The Balaban J connectivity index is 2.08. The number of carboxylic acids is 1. The van der Waals surface area contributed by atoms with Crippen molar-refractivity contribution < 1.29 is 14.3 Å². The molecule has 4 nitrogen and oxygen atoms in total. The molecule has 134 valence electrons. The standard InChI is InChI=1S/C19H29FN2O2/c1-3-4-5-10-21(2)18-9-8-17(20)12-16(18)14-22-11-6-7-15(13-22)19(23)24/h8-9,12,15H,3-7,10-11,13-14H2,1-2H3,(H,23,24). The van der Waals surface area contributed by atoms with E-state index in [2.05, 4.69) is 16.7 Å². The summed E-state index contributed by atoms with van der Waals surface area (Å²) in [4.78, 5) is 15.6. The third kappa shape index (κ3) is 5.20. The molecule has 1 aromatic rings. The van der Waals surface area contributed by atoms with Gasteiger partial charge in [0.25, 0.3) is 0 Å². The maximum Gasteiger partial charge on any atom is 0.307 e. The van der Waals surface area contributed by atoms with Gasteiger partial charge in [0.15, 0.2) is 0 Å². The second-order valence-electron chi connectivity index (χ2n) is 6.81. The number of anilines is 1. The third-order valence-corrected chi connectivity index (χ3v) is 4.80. The van der Waals surface area contributed by atoms with E-state index in [0.717, 1.165) is 43.6 Å². The number of hydrogen-bond acceptors (Lipinski definition) is 3. The third-order valence-electron chi connectivity index (χ3n) is 4.80. The predicted octanol–water partition coefficient (Wildman–Crippen LogP) is 3.75. The molecule has 1 atom stereocenters. The van der Waals surface area contributed by atoms with E-state index < -0.39 is 5.97 Å². The Bertz CT molecular complexity index is 550. The summed E-state index contributed by atoms with van der Waals surface area (Å²) in [6.45, 7) is 5.15. The Morgan fingerprint density at radius 2 is 2.21 bits per heavy atom. The lowest BCUT2D eigenvalue weighted by Gasteiger charge is -2.32. The fraction of sp³-hybridized carbons (Fsp3) is 0.632. The average Bonchev–Trinajstić information content (AvgIpc) is 2.55. The van der Waals surface area contributed by atoms with Crippen molar-refractivity contribution >= 4 is 11.7 Å². The fourth-order valence-corrected chi connectivity index (χ4v) is 3.41. The van der Waals surface area contributed by atoms with Crippen molar-refractivity contribution in [2.45, 2.75) is 45.6 Å². The normalized spacial score (nSPS) is 18.5. The first-order valence-electron chi connectivity index (χ1n) is 8.96. The monoisotopic (exact) mass is 336 g/mol.